The third-order valence-corrected chi connectivity index (χ3v) is 3.59. The molecule has 0 saturated heterocycles. The summed E-state index contributed by atoms with van der Waals surface area (Å²) in [6.45, 7) is 6.80. The van der Waals surface area contributed by atoms with E-state index in [1.165, 1.54) is 31.4 Å². The van der Waals surface area contributed by atoms with Crippen molar-refractivity contribution in [3.8, 4) is 0 Å². The van der Waals surface area contributed by atoms with Crippen molar-refractivity contribution in [1.82, 2.24) is 4.90 Å². The highest BCUT2D eigenvalue weighted by molar-refractivity contribution is 5.40. The van der Waals surface area contributed by atoms with Gasteiger partial charge in [0.2, 0.25) is 0 Å². The summed E-state index contributed by atoms with van der Waals surface area (Å²) < 4.78 is 0. The second-order valence-electron chi connectivity index (χ2n) is 5.54. The quantitative estimate of drug-likeness (QED) is 0.763. The van der Waals surface area contributed by atoms with Gasteiger partial charge in [-0.05, 0) is 50.4 Å². The van der Waals surface area contributed by atoms with Gasteiger partial charge in [-0.1, -0.05) is 25.0 Å². The summed E-state index contributed by atoms with van der Waals surface area (Å²) in [5, 5.41) is 0. The van der Waals surface area contributed by atoms with E-state index in [1.807, 2.05) is 12.1 Å². The lowest BCUT2D eigenvalue weighted by molar-refractivity contribution is 0.206. The molecular formula is C15H24N2. The molecule has 0 atom stereocenters. The average molecular weight is 232 g/mol. The Labute approximate surface area is 105 Å². The molecule has 0 aromatic heterocycles. The molecule has 0 spiro atoms. The number of benzene rings is 1. The van der Waals surface area contributed by atoms with E-state index in [0.717, 1.165) is 18.2 Å². The number of hydrogen-bond donors (Lipinski definition) is 1. The van der Waals surface area contributed by atoms with E-state index >= 15 is 0 Å². The van der Waals surface area contributed by atoms with Crippen LogP contribution in [0.2, 0.25) is 0 Å². The summed E-state index contributed by atoms with van der Waals surface area (Å²) in [5.74, 6) is 1.01. The first-order chi connectivity index (χ1) is 8.15. The summed E-state index contributed by atoms with van der Waals surface area (Å²) in [6, 6.07) is 8.86. The van der Waals surface area contributed by atoms with Gasteiger partial charge in [-0.3, -0.25) is 4.90 Å². The fourth-order valence-electron chi connectivity index (χ4n) is 2.20. The zero-order valence-electron chi connectivity index (χ0n) is 11.0. The molecule has 0 aliphatic heterocycles. The first-order valence-corrected chi connectivity index (χ1v) is 6.73. The first-order valence-electron chi connectivity index (χ1n) is 6.73. The summed E-state index contributed by atoms with van der Waals surface area (Å²) in [7, 11) is 0. The van der Waals surface area contributed by atoms with Gasteiger partial charge in [0, 0.05) is 18.3 Å². The molecule has 0 heterocycles. The van der Waals surface area contributed by atoms with E-state index < -0.39 is 0 Å². The van der Waals surface area contributed by atoms with Crippen LogP contribution in [0.3, 0.4) is 0 Å². The van der Waals surface area contributed by atoms with Crippen LogP contribution in [-0.2, 0) is 6.54 Å². The van der Waals surface area contributed by atoms with Crippen LogP contribution in [0.15, 0.2) is 24.3 Å². The molecule has 1 aliphatic rings. The molecule has 0 radical (unpaired) electrons. The largest absolute Gasteiger partial charge is 0.399 e. The molecule has 2 heteroatoms. The van der Waals surface area contributed by atoms with E-state index in [2.05, 4.69) is 30.9 Å². The van der Waals surface area contributed by atoms with Crippen molar-refractivity contribution < 1.29 is 0 Å². The normalized spacial score (nSPS) is 15.8. The minimum Gasteiger partial charge on any atom is -0.399 e. The van der Waals surface area contributed by atoms with Crippen LogP contribution in [0.25, 0.3) is 0 Å². The topological polar surface area (TPSA) is 29.3 Å². The van der Waals surface area contributed by atoms with Crippen LogP contribution >= 0.6 is 0 Å². The Morgan fingerprint density at radius 3 is 2.71 bits per heavy atom. The monoisotopic (exact) mass is 232 g/mol. The fourth-order valence-corrected chi connectivity index (χ4v) is 2.20. The maximum atomic E-state index is 5.82. The van der Waals surface area contributed by atoms with Crippen LogP contribution in [0, 0.1) is 5.92 Å². The van der Waals surface area contributed by atoms with E-state index in [1.54, 1.807) is 0 Å². The number of nitrogen functional groups attached to an aromatic ring is 1. The van der Waals surface area contributed by atoms with E-state index in [9.17, 15) is 0 Å². The molecule has 0 amide bonds. The third kappa shape index (κ3) is 4.04. The molecule has 1 saturated carbocycles. The molecule has 1 aromatic rings. The van der Waals surface area contributed by atoms with E-state index in [4.69, 9.17) is 5.73 Å². The lowest BCUT2D eigenvalue weighted by atomic mass is 10.1. The van der Waals surface area contributed by atoms with Crippen molar-refractivity contribution in [3.63, 3.8) is 0 Å². The predicted octanol–water partition coefficient (Wildman–Crippen LogP) is 3.28. The number of rotatable bonds is 6. The minimum atomic E-state index is 0.607. The van der Waals surface area contributed by atoms with Crippen molar-refractivity contribution in [2.45, 2.75) is 45.7 Å². The molecule has 0 bridgehead atoms. The number of hydrogen-bond acceptors (Lipinski definition) is 2. The van der Waals surface area contributed by atoms with Crippen molar-refractivity contribution >= 4 is 5.69 Å². The Kier molecular flexibility index (Phi) is 4.06. The molecule has 2 nitrogen and oxygen atoms in total. The second kappa shape index (κ2) is 5.54. The molecular weight excluding hydrogens is 208 g/mol. The minimum absolute atomic E-state index is 0.607. The van der Waals surface area contributed by atoms with Crippen molar-refractivity contribution in [2.75, 3.05) is 12.3 Å². The highest BCUT2D eigenvalue weighted by atomic mass is 15.1. The van der Waals surface area contributed by atoms with Crippen molar-refractivity contribution in [3.05, 3.63) is 29.8 Å². The summed E-state index contributed by atoms with van der Waals surface area (Å²) in [6.07, 6.45) is 4.26. The first kappa shape index (κ1) is 12.4. The van der Waals surface area contributed by atoms with Crippen LogP contribution in [0.4, 0.5) is 5.69 Å². The number of nitrogens with zero attached hydrogens (tertiary/aromatic N) is 1. The highest BCUT2D eigenvalue weighted by Crippen LogP contribution is 2.32. The molecule has 94 valence electrons. The molecule has 1 aliphatic carbocycles. The lowest BCUT2D eigenvalue weighted by Crippen LogP contribution is -2.31. The zero-order chi connectivity index (χ0) is 12.3. The van der Waals surface area contributed by atoms with Crippen LogP contribution in [0.5, 0.6) is 0 Å². The van der Waals surface area contributed by atoms with Crippen molar-refractivity contribution in [2.24, 2.45) is 5.92 Å². The average Bonchev–Trinajstić information content (AvgIpc) is 3.07. The van der Waals surface area contributed by atoms with Gasteiger partial charge in [-0.25, -0.2) is 0 Å². The maximum Gasteiger partial charge on any atom is 0.0317 e. The lowest BCUT2D eigenvalue weighted by Gasteiger charge is -2.26. The SMILES string of the molecule is CC(C)N(CCC1CC1)Cc1cccc(N)c1. The Hall–Kier alpha value is -1.02. The number of anilines is 1. The Morgan fingerprint density at radius 1 is 1.35 bits per heavy atom. The molecule has 1 fully saturated rings. The van der Waals surface area contributed by atoms with Gasteiger partial charge >= 0.3 is 0 Å². The number of nitrogens with two attached hydrogens (primary N) is 1. The predicted molar refractivity (Wildman–Crippen MR) is 73.7 cm³/mol. The molecule has 1 aromatic carbocycles. The summed E-state index contributed by atoms with van der Waals surface area (Å²) in [5.41, 5.74) is 8.02. The van der Waals surface area contributed by atoms with E-state index in [0.29, 0.717) is 6.04 Å². The Balaban J connectivity index is 1.91. The molecule has 0 unspecified atom stereocenters. The van der Waals surface area contributed by atoms with Crippen molar-refractivity contribution in [1.29, 1.82) is 0 Å². The van der Waals surface area contributed by atoms with Gasteiger partial charge in [-0.2, -0.15) is 0 Å². The van der Waals surface area contributed by atoms with Gasteiger partial charge in [-0.15, -0.1) is 0 Å². The third-order valence-electron chi connectivity index (χ3n) is 3.59. The highest BCUT2D eigenvalue weighted by Gasteiger charge is 2.22. The zero-order valence-corrected chi connectivity index (χ0v) is 11.0. The van der Waals surface area contributed by atoms with Gasteiger partial charge in [0.25, 0.3) is 0 Å². The molecule has 17 heavy (non-hydrogen) atoms. The summed E-state index contributed by atoms with van der Waals surface area (Å²) >= 11 is 0. The fraction of sp³-hybridized carbons (Fsp3) is 0.600. The maximum absolute atomic E-state index is 5.82. The molecule has 2 N–H and O–H groups in total. The van der Waals surface area contributed by atoms with Gasteiger partial charge in [0.1, 0.15) is 0 Å². The van der Waals surface area contributed by atoms with Gasteiger partial charge in [0.15, 0.2) is 0 Å². The van der Waals surface area contributed by atoms with Crippen LogP contribution in [0.1, 0.15) is 38.7 Å². The standard InChI is InChI=1S/C15H24N2/c1-12(2)17(9-8-13-6-7-13)11-14-4-3-5-15(16)10-14/h3-5,10,12-13H,6-9,11,16H2,1-2H3. The van der Waals surface area contributed by atoms with Crippen LogP contribution < -0.4 is 5.73 Å². The Bertz CT molecular complexity index is 356. The van der Waals surface area contributed by atoms with Gasteiger partial charge < -0.3 is 5.73 Å². The Morgan fingerprint density at radius 2 is 2.12 bits per heavy atom. The smallest absolute Gasteiger partial charge is 0.0317 e. The van der Waals surface area contributed by atoms with Gasteiger partial charge in [0.05, 0.1) is 0 Å². The second-order valence-corrected chi connectivity index (χ2v) is 5.54. The van der Waals surface area contributed by atoms with E-state index in [-0.39, 0.29) is 0 Å². The summed E-state index contributed by atoms with van der Waals surface area (Å²) in [4.78, 5) is 2.55. The van der Waals surface area contributed by atoms with Crippen LogP contribution in [-0.4, -0.2) is 17.5 Å². The molecule has 2 rings (SSSR count).